The summed E-state index contributed by atoms with van der Waals surface area (Å²) in [6, 6.07) is 10.1. The molecule has 32 heavy (non-hydrogen) atoms. The third-order valence-corrected chi connectivity index (χ3v) is 5.86. The average molecular weight is 476 g/mol. The van der Waals surface area contributed by atoms with Crippen molar-refractivity contribution in [2.75, 3.05) is 26.2 Å². The molecule has 1 N–H and O–H groups in total. The largest absolute Gasteiger partial charge is 0.497 e. The summed E-state index contributed by atoms with van der Waals surface area (Å²) < 4.78 is 21.7. The van der Waals surface area contributed by atoms with Crippen LogP contribution in [0.1, 0.15) is 12.5 Å². The van der Waals surface area contributed by atoms with Gasteiger partial charge in [0.15, 0.2) is 21.9 Å². The molecule has 1 saturated heterocycles. The van der Waals surface area contributed by atoms with Gasteiger partial charge in [0.2, 0.25) is 0 Å². The lowest BCUT2D eigenvalue weighted by Crippen LogP contribution is -2.27. The summed E-state index contributed by atoms with van der Waals surface area (Å²) in [4.78, 5) is 26.0. The maximum atomic E-state index is 13.1. The molecule has 168 valence electrons. The van der Waals surface area contributed by atoms with Crippen LogP contribution in [0, 0.1) is 0 Å². The molecule has 2 aromatic rings. The highest BCUT2D eigenvalue weighted by atomic mass is 32.2. The lowest BCUT2D eigenvalue weighted by Gasteiger charge is -2.18. The van der Waals surface area contributed by atoms with Crippen molar-refractivity contribution in [3.05, 3.63) is 46.9 Å². The fraction of sp³-hybridized carbons (Fsp3) is 0.227. The maximum absolute atomic E-state index is 13.1. The number of amides is 1. The molecule has 2 aromatic carbocycles. The van der Waals surface area contributed by atoms with Crippen molar-refractivity contribution < 1.29 is 33.6 Å². The number of aliphatic carboxylic acids is 1. The van der Waals surface area contributed by atoms with Gasteiger partial charge in [0, 0.05) is 6.07 Å². The minimum absolute atomic E-state index is 0.287. The van der Waals surface area contributed by atoms with Gasteiger partial charge in [0.1, 0.15) is 11.5 Å². The number of carboxylic acids is 1. The Kier molecular flexibility index (Phi) is 7.26. The molecule has 10 heteroatoms. The first-order valence-corrected chi connectivity index (χ1v) is 10.6. The van der Waals surface area contributed by atoms with Crippen LogP contribution in [0.4, 0.5) is 5.69 Å². The van der Waals surface area contributed by atoms with E-state index in [4.69, 9.17) is 36.3 Å². The van der Waals surface area contributed by atoms with Crippen molar-refractivity contribution in [2.45, 2.75) is 13.0 Å². The summed E-state index contributed by atoms with van der Waals surface area (Å²) in [6.45, 7) is 1.43. The average Bonchev–Trinajstić information content (AvgIpc) is 3.06. The van der Waals surface area contributed by atoms with Gasteiger partial charge in [-0.2, -0.15) is 0 Å². The van der Waals surface area contributed by atoms with Crippen molar-refractivity contribution in [3.63, 3.8) is 0 Å². The van der Waals surface area contributed by atoms with Crippen LogP contribution in [0.2, 0.25) is 0 Å². The number of hydrogen-bond acceptors (Lipinski definition) is 8. The van der Waals surface area contributed by atoms with Crippen molar-refractivity contribution in [1.82, 2.24) is 0 Å². The topological polar surface area (TPSA) is 94.5 Å². The number of nitrogens with zero attached hydrogens (tertiary/aromatic N) is 1. The zero-order valence-corrected chi connectivity index (χ0v) is 19.4. The number of carbonyl (C=O) groups excluding carboxylic acids is 1. The first-order chi connectivity index (χ1) is 15.3. The van der Waals surface area contributed by atoms with Crippen LogP contribution >= 0.6 is 24.0 Å². The number of carbonyl (C=O) groups is 2. The molecule has 1 aliphatic rings. The van der Waals surface area contributed by atoms with E-state index in [1.807, 2.05) is 0 Å². The minimum atomic E-state index is -1.09. The molecule has 1 aliphatic heterocycles. The van der Waals surface area contributed by atoms with Crippen molar-refractivity contribution in [1.29, 1.82) is 0 Å². The monoisotopic (exact) mass is 475 g/mol. The molecule has 0 bridgehead atoms. The van der Waals surface area contributed by atoms with Crippen molar-refractivity contribution >= 4 is 51.9 Å². The molecule has 0 aromatic heterocycles. The first-order valence-electron chi connectivity index (χ1n) is 9.36. The predicted molar refractivity (Wildman–Crippen MR) is 126 cm³/mol. The normalized spacial score (nSPS) is 15.6. The second kappa shape index (κ2) is 9.92. The Bertz CT molecular complexity index is 1100. The van der Waals surface area contributed by atoms with E-state index < -0.39 is 12.1 Å². The number of thiocarbonyl (C=S) groups is 1. The van der Waals surface area contributed by atoms with E-state index in [9.17, 15) is 9.59 Å². The van der Waals surface area contributed by atoms with E-state index >= 15 is 0 Å². The number of hydrogen-bond donors (Lipinski definition) is 1. The molecule has 8 nitrogen and oxygen atoms in total. The third kappa shape index (κ3) is 4.81. The van der Waals surface area contributed by atoms with Gasteiger partial charge in [-0.15, -0.1) is 0 Å². The highest BCUT2D eigenvalue weighted by Crippen LogP contribution is 2.41. The molecule has 1 fully saturated rings. The Morgan fingerprint density at radius 2 is 1.78 bits per heavy atom. The summed E-state index contributed by atoms with van der Waals surface area (Å²) in [7, 11) is 4.50. The molecule has 1 unspecified atom stereocenters. The zero-order valence-electron chi connectivity index (χ0n) is 17.8. The van der Waals surface area contributed by atoms with Crippen LogP contribution in [0.15, 0.2) is 41.3 Å². The molecule has 1 amide bonds. The fourth-order valence-electron chi connectivity index (χ4n) is 2.91. The van der Waals surface area contributed by atoms with Crippen LogP contribution in [0.3, 0.4) is 0 Å². The molecule has 1 heterocycles. The maximum Gasteiger partial charge on any atom is 0.344 e. The lowest BCUT2D eigenvalue weighted by atomic mass is 10.1. The third-order valence-electron chi connectivity index (χ3n) is 4.56. The number of carboxylic acid groups (broad SMARTS) is 1. The second-order valence-electron chi connectivity index (χ2n) is 6.56. The Morgan fingerprint density at radius 1 is 1.06 bits per heavy atom. The summed E-state index contributed by atoms with van der Waals surface area (Å²) in [5.74, 6) is 0.307. The van der Waals surface area contributed by atoms with Gasteiger partial charge < -0.3 is 24.1 Å². The van der Waals surface area contributed by atoms with Crippen LogP contribution in [-0.4, -0.2) is 48.7 Å². The second-order valence-corrected chi connectivity index (χ2v) is 8.24. The van der Waals surface area contributed by atoms with Gasteiger partial charge >= 0.3 is 5.97 Å². The van der Waals surface area contributed by atoms with Crippen LogP contribution < -0.4 is 23.8 Å². The minimum Gasteiger partial charge on any atom is -0.497 e. The van der Waals surface area contributed by atoms with E-state index in [1.165, 1.54) is 37.8 Å². The Labute approximate surface area is 194 Å². The summed E-state index contributed by atoms with van der Waals surface area (Å²) in [5, 5.41) is 9.04. The first kappa shape index (κ1) is 23.4. The van der Waals surface area contributed by atoms with Gasteiger partial charge in [-0.3, -0.25) is 9.69 Å². The smallest absolute Gasteiger partial charge is 0.344 e. The van der Waals surface area contributed by atoms with Gasteiger partial charge in [-0.1, -0.05) is 30.0 Å². The molecule has 0 radical (unpaired) electrons. The van der Waals surface area contributed by atoms with Gasteiger partial charge in [-0.25, -0.2) is 4.79 Å². The summed E-state index contributed by atoms with van der Waals surface area (Å²) >= 11 is 6.61. The van der Waals surface area contributed by atoms with Crippen LogP contribution in [-0.2, 0) is 9.59 Å². The standard InChI is InChI=1S/C22H21NO7S2/c1-12(21(25)26)30-16-8-5-13(9-18(16)29-4)10-19-20(24)23(22(31)32-19)15-7-6-14(27-2)11-17(15)28-3/h5-12H,1-4H3,(H,25,26)/b19-10+. The fourth-order valence-corrected chi connectivity index (χ4v) is 4.19. The highest BCUT2D eigenvalue weighted by molar-refractivity contribution is 8.27. The molecule has 0 saturated carbocycles. The van der Waals surface area contributed by atoms with E-state index in [0.717, 1.165) is 0 Å². The molecule has 3 rings (SSSR count). The zero-order chi connectivity index (χ0) is 23.4. The quantitative estimate of drug-likeness (QED) is 0.449. The molecule has 0 spiro atoms. The van der Waals surface area contributed by atoms with E-state index in [2.05, 4.69) is 0 Å². The number of anilines is 1. The molecular weight excluding hydrogens is 454 g/mol. The SMILES string of the molecule is COc1ccc(N2C(=O)/C(=C\c3ccc(OC(C)C(=O)O)c(OC)c3)SC2=S)c(OC)c1. The van der Waals surface area contributed by atoms with Gasteiger partial charge in [-0.05, 0) is 42.8 Å². The van der Waals surface area contributed by atoms with Gasteiger partial charge in [0.25, 0.3) is 5.91 Å². The summed E-state index contributed by atoms with van der Waals surface area (Å²) in [5.41, 5.74) is 1.18. The Morgan fingerprint density at radius 3 is 2.41 bits per heavy atom. The van der Waals surface area contributed by atoms with E-state index in [0.29, 0.717) is 37.7 Å². The summed E-state index contributed by atoms with van der Waals surface area (Å²) in [6.07, 6.45) is 0.646. The number of methoxy groups -OCH3 is 3. The van der Waals surface area contributed by atoms with Crippen LogP contribution in [0.25, 0.3) is 6.08 Å². The van der Waals surface area contributed by atoms with Gasteiger partial charge in [0.05, 0.1) is 31.9 Å². The number of rotatable bonds is 8. The van der Waals surface area contributed by atoms with Crippen molar-refractivity contribution in [3.8, 4) is 23.0 Å². The Hall–Kier alpha value is -3.24. The number of thioether (sulfide) groups is 1. The number of benzene rings is 2. The molecular formula is C22H21NO7S2. The van der Waals surface area contributed by atoms with E-state index in [-0.39, 0.29) is 11.7 Å². The predicted octanol–water partition coefficient (Wildman–Crippen LogP) is 3.97. The van der Waals surface area contributed by atoms with E-state index in [1.54, 1.807) is 49.6 Å². The number of ether oxygens (including phenoxy) is 4. The molecule has 1 atom stereocenters. The lowest BCUT2D eigenvalue weighted by molar-refractivity contribution is -0.144. The van der Waals surface area contributed by atoms with Crippen molar-refractivity contribution in [2.24, 2.45) is 0 Å². The molecule has 0 aliphatic carbocycles. The Balaban J connectivity index is 1.90. The van der Waals surface area contributed by atoms with Crippen LogP contribution in [0.5, 0.6) is 23.0 Å². The highest BCUT2D eigenvalue weighted by Gasteiger charge is 2.35.